The summed E-state index contributed by atoms with van der Waals surface area (Å²) in [5, 5.41) is 8.96. The van der Waals surface area contributed by atoms with Crippen molar-refractivity contribution in [3.05, 3.63) is 52.2 Å². The summed E-state index contributed by atoms with van der Waals surface area (Å²) in [6.45, 7) is 7.95. The van der Waals surface area contributed by atoms with E-state index in [1.54, 1.807) is 12.1 Å². The third-order valence-corrected chi connectivity index (χ3v) is 3.04. The standard InChI is InChI=1S/C16H16N2O/c1-10-5-11(2)13(4)15(6-10)19-16-8-14(9-17)7-12(3)18-16/h5-8H,1-4H3. The molecule has 0 spiro atoms. The first kappa shape index (κ1) is 13.1. The van der Waals surface area contributed by atoms with Crippen molar-refractivity contribution < 1.29 is 4.74 Å². The second kappa shape index (κ2) is 5.11. The fourth-order valence-corrected chi connectivity index (χ4v) is 1.97. The van der Waals surface area contributed by atoms with Gasteiger partial charge in [-0.3, -0.25) is 0 Å². The van der Waals surface area contributed by atoms with Gasteiger partial charge in [0.2, 0.25) is 5.88 Å². The van der Waals surface area contributed by atoms with Crippen molar-refractivity contribution in [1.82, 2.24) is 4.98 Å². The minimum absolute atomic E-state index is 0.463. The third-order valence-electron chi connectivity index (χ3n) is 3.04. The van der Waals surface area contributed by atoms with Crippen molar-refractivity contribution in [1.29, 1.82) is 5.26 Å². The molecular weight excluding hydrogens is 236 g/mol. The third kappa shape index (κ3) is 2.92. The van der Waals surface area contributed by atoms with E-state index in [2.05, 4.69) is 24.0 Å². The Hall–Kier alpha value is -2.34. The number of nitrogens with zero attached hydrogens (tertiary/aromatic N) is 2. The average molecular weight is 252 g/mol. The number of nitriles is 1. The van der Waals surface area contributed by atoms with Gasteiger partial charge in [-0.2, -0.15) is 5.26 Å². The molecule has 1 aromatic carbocycles. The summed E-state index contributed by atoms with van der Waals surface area (Å²) in [4.78, 5) is 4.30. The first-order valence-electron chi connectivity index (χ1n) is 6.14. The minimum atomic E-state index is 0.463. The summed E-state index contributed by atoms with van der Waals surface area (Å²) in [6.07, 6.45) is 0. The maximum absolute atomic E-state index is 8.96. The molecule has 19 heavy (non-hydrogen) atoms. The van der Waals surface area contributed by atoms with Crippen molar-refractivity contribution in [3.8, 4) is 17.7 Å². The predicted molar refractivity (Wildman–Crippen MR) is 74.4 cm³/mol. The number of pyridine rings is 1. The fraction of sp³-hybridized carbons (Fsp3) is 0.250. The van der Waals surface area contributed by atoms with Crippen LogP contribution in [0.1, 0.15) is 27.9 Å². The molecule has 2 rings (SSSR count). The minimum Gasteiger partial charge on any atom is -0.439 e. The van der Waals surface area contributed by atoms with E-state index in [4.69, 9.17) is 10.00 Å². The summed E-state index contributed by atoms with van der Waals surface area (Å²) >= 11 is 0. The molecule has 96 valence electrons. The van der Waals surface area contributed by atoms with Crippen molar-refractivity contribution >= 4 is 0 Å². The summed E-state index contributed by atoms with van der Waals surface area (Å²) in [5.41, 5.74) is 4.75. The van der Waals surface area contributed by atoms with E-state index in [0.29, 0.717) is 11.4 Å². The largest absolute Gasteiger partial charge is 0.439 e. The highest BCUT2D eigenvalue weighted by atomic mass is 16.5. The predicted octanol–water partition coefficient (Wildman–Crippen LogP) is 3.98. The molecule has 0 N–H and O–H groups in total. The lowest BCUT2D eigenvalue weighted by molar-refractivity contribution is 0.457. The highest BCUT2D eigenvalue weighted by Crippen LogP contribution is 2.28. The first-order chi connectivity index (χ1) is 8.99. The Kier molecular flexibility index (Phi) is 3.52. The number of hydrogen-bond acceptors (Lipinski definition) is 3. The molecule has 3 nitrogen and oxygen atoms in total. The maximum atomic E-state index is 8.96. The number of aromatic nitrogens is 1. The van der Waals surface area contributed by atoms with E-state index in [1.165, 1.54) is 5.56 Å². The first-order valence-corrected chi connectivity index (χ1v) is 6.14. The number of hydrogen-bond donors (Lipinski definition) is 0. The molecule has 3 heteroatoms. The van der Waals surface area contributed by atoms with Gasteiger partial charge in [0.05, 0.1) is 11.6 Å². The number of ether oxygens (including phenoxy) is 1. The molecule has 0 radical (unpaired) electrons. The summed E-state index contributed by atoms with van der Waals surface area (Å²) in [7, 11) is 0. The Labute approximate surface area is 113 Å². The van der Waals surface area contributed by atoms with Gasteiger partial charge in [-0.15, -0.1) is 0 Å². The van der Waals surface area contributed by atoms with E-state index in [1.807, 2.05) is 26.8 Å². The number of benzene rings is 1. The molecular formula is C16H16N2O. The molecule has 0 aliphatic rings. The van der Waals surface area contributed by atoms with Crippen LogP contribution in [-0.4, -0.2) is 4.98 Å². The lowest BCUT2D eigenvalue weighted by Gasteiger charge is -2.12. The molecule has 2 aromatic rings. The molecule has 1 aromatic heterocycles. The smallest absolute Gasteiger partial charge is 0.220 e. The van der Waals surface area contributed by atoms with Crippen LogP contribution in [0.15, 0.2) is 24.3 Å². The van der Waals surface area contributed by atoms with Gasteiger partial charge in [0, 0.05) is 11.8 Å². The van der Waals surface area contributed by atoms with Crippen LogP contribution >= 0.6 is 0 Å². The molecule has 0 aliphatic carbocycles. The van der Waals surface area contributed by atoms with E-state index >= 15 is 0 Å². The van der Waals surface area contributed by atoms with Crippen LogP contribution in [0.2, 0.25) is 0 Å². The Morgan fingerprint density at radius 1 is 1.05 bits per heavy atom. The van der Waals surface area contributed by atoms with E-state index in [0.717, 1.165) is 22.6 Å². The zero-order valence-corrected chi connectivity index (χ0v) is 11.6. The van der Waals surface area contributed by atoms with Crippen molar-refractivity contribution in [2.75, 3.05) is 0 Å². The normalized spacial score (nSPS) is 10.1. The van der Waals surface area contributed by atoms with E-state index in [9.17, 15) is 0 Å². The number of aryl methyl sites for hydroxylation is 3. The van der Waals surface area contributed by atoms with Gasteiger partial charge in [0.15, 0.2) is 0 Å². The van der Waals surface area contributed by atoms with Crippen molar-refractivity contribution in [2.45, 2.75) is 27.7 Å². The molecule has 0 saturated carbocycles. The quantitative estimate of drug-likeness (QED) is 0.812. The van der Waals surface area contributed by atoms with Gasteiger partial charge in [-0.1, -0.05) is 6.07 Å². The van der Waals surface area contributed by atoms with Gasteiger partial charge < -0.3 is 4.74 Å². The average Bonchev–Trinajstić information content (AvgIpc) is 2.34. The van der Waals surface area contributed by atoms with Crippen LogP contribution in [0.3, 0.4) is 0 Å². The second-order valence-corrected chi connectivity index (χ2v) is 4.75. The van der Waals surface area contributed by atoms with Crippen LogP contribution in [0.4, 0.5) is 0 Å². The zero-order chi connectivity index (χ0) is 14.0. The second-order valence-electron chi connectivity index (χ2n) is 4.75. The van der Waals surface area contributed by atoms with E-state index < -0.39 is 0 Å². The summed E-state index contributed by atoms with van der Waals surface area (Å²) < 4.78 is 5.83. The Morgan fingerprint density at radius 3 is 2.47 bits per heavy atom. The van der Waals surface area contributed by atoms with Gasteiger partial charge in [0.25, 0.3) is 0 Å². The van der Waals surface area contributed by atoms with E-state index in [-0.39, 0.29) is 0 Å². The van der Waals surface area contributed by atoms with Crippen LogP contribution in [0, 0.1) is 39.0 Å². The molecule has 1 heterocycles. The van der Waals surface area contributed by atoms with Crippen molar-refractivity contribution in [2.24, 2.45) is 0 Å². The van der Waals surface area contributed by atoms with Crippen LogP contribution in [0.25, 0.3) is 0 Å². The van der Waals surface area contributed by atoms with Gasteiger partial charge in [0.1, 0.15) is 5.75 Å². The molecule has 0 fully saturated rings. The molecule has 0 unspecified atom stereocenters. The molecule has 0 bridgehead atoms. The molecule has 0 saturated heterocycles. The van der Waals surface area contributed by atoms with Gasteiger partial charge in [-0.05, 0) is 56.5 Å². The fourth-order valence-electron chi connectivity index (χ4n) is 1.97. The maximum Gasteiger partial charge on any atom is 0.220 e. The summed E-state index contributed by atoms with van der Waals surface area (Å²) in [5.74, 6) is 1.25. The number of rotatable bonds is 2. The topological polar surface area (TPSA) is 45.9 Å². The zero-order valence-electron chi connectivity index (χ0n) is 11.6. The Balaban J connectivity index is 2.42. The summed E-state index contributed by atoms with van der Waals surface area (Å²) in [6, 6.07) is 9.61. The van der Waals surface area contributed by atoms with Crippen molar-refractivity contribution in [3.63, 3.8) is 0 Å². The van der Waals surface area contributed by atoms with Gasteiger partial charge in [-0.25, -0.2) is 4.98 Å². The van der Waals surface area contributed by atoms with Crippen LogP contribution < -0.4 is 4.74 Å². The molecule has 0 amide bonds. The highest BCUT2D eigenvalue weighted by Gasteiger charge is 2.07. The van der Waals surface area contributed by atoms with Gasteiger partial charge >= 0.3 is 0 Å². The Morgan fingerprint density at radius 2 is 1.79 bits per heavy atom. The van der Waals surface area contributed by atoms with Crippen LogP contribution in [-0.2, 0) is 0 Å². The lowest BCUT2D eigenvalue weighted by Crippen LogP contribution is -1.95. The molecule has 0 atom stereocenters. The lowest BCUT2D eigenvalue weighted by atomic mass is 10.1. The highest BCUT2D eigenvalue weighted by molar-refractivity contribution is 5.44. The Bertz CT molecular complexity index is 669. The molecule has 0 aliphatic heterocycles. The SMILES string of the molecule is Cc1cc(C)c(C)c(Oc2cc(C#N)cc(C)n2)c1. The van der Waals surface area contributed by atoms with Crippen LogP contribution in [0.5, 0.6) is 11.6 Å². The monoisotopic (exact) mass is 252 g/mol.